The van der Waals surface area contributed by atoms with Crippen LogP contribution in [-0.4, -0.2) is 42.4 Å². The highest BCUT2D eigenvalue weighted by atomic mass is 16.3. The number of aromatic hydroxyl groups is 1. The van der Waals surface area contributed by atoms with Crippen LogP contribution in [0.15, 0.2) is 24.5 Å². The van der Waals surface area contributed by atoms with Gasteiger partial charge in [0.2, 0.25) is 5.95 Å². The molecule has 3 rings (SSSR count). The van der Waals surface area contributed by atoms with Crippen LogP contribution in [0.1, 0.15) is 44.4 Å². The molecule has 8 nitrogen and oxygen atoms in total. The van der Waals surface area contributed by atoms with Gasteiger partial charge in [-0.2, -0.15) is 9.97 Å². The van der Waals surface area contributed by atoms with Gasteiger partial charge in [0.15, 0.2) is 17.0 Å². The number of anilines is 2. The first-order chi connectivity index (χ1) is 13.4. The van der Waals surface area contributed by atoms with E-state index in [1.54, 1.807) is 6.33 Å². The largest absolute Gasteiger partial charge is 0.507 e. The summed E-state index contributed by atoms with van der Waals surface area (Å²) < 4.78 is 1.98. The van der Waals surface area contributed by atoms with Crippen molar-refractivity contribution in [2.45, 2.75) is 52.7 Å². The van der Waals surface area contributed by atoms with Gasteiger partial charge in [0.1, 0.15) is 5.75 Å². The molecule has 8 heteroatoms. The van der Waals surface area contributed by atoms with Crippen molar-refractivity contribution in [3.05, 3.63) is 35.7 Å². The van der Waals surface area contributed by atoms with E-state index in [1.165, 1.54) is 0 Å². The zero-order chi connectivity index (χ0) is 20.3. The van der Waals surface area contributed by atoms with Crippen LogP contribution >= 0.6 is 0 Å². The van der Waals surface area contributed by atoms with Gasteiger partial charge in [-0.15, -0.1) is 0 Å². The SMILES string of the molecule is CC[C@H](CO)Nc1nc(NCc2cccc(C)c2O)c2ncn(C(C)C)c2n1. The summed E-state index contributed by atoms with van der Waals surface area (Å²) in [5, 5.41) is 26.2. The van der Waals surface area contributed by atoms with Gasteiger partial charge < -0.3 is 25.4 Å². The maximum absolute atomic E-state index is 10.3. The fourth-order valence-electron chi connectivity index (χ4n) is 2.98. The molecule has 2 aromatic heterocycles. The van der Waals surface area contributed by atoms with Gasteiger partial charge in [-0.3, -0.25) is 0 Å². The summed E-state index contributed by atoms with van der Waals surface area (Å²) in [5.41, 5.74) is 3.00. The topological polar surface area (TPSA) is 108 Å². The molecule has 1 aromatic carbocycles. The summed E-state index contributed by atoms with van der Waals surface area (Å²) in [6, 6.07) is 5.73. The van der Waals surface area contributed by atoms with E-state index in [4.69, 9.17) is 0 Å². The molecule has 2 heterocycles. The number of hydrogen-bond acceptors (Lipinski definition) is 7. The van der Waals surface area contributed by atoms with Crippen molar-refractivity contribution in [1.29, 1.82) is 0 Å². The van der Waals surface area contributed by atoms with Crippen LogP contribution in [0, 0.1) is 6.92 Å². The lowest BCUT2D eigenvalue weighted by atomic mass is 10.1. The van der Waals surface area contributed by atoms with Crippen LogP contribution in [0.5, 0.6) is 5.75 Å². The molecule has 0 radical (unpaired) electrons. The number of phenolic OH excluding ortho intramolecular Hbond substituents is 1. The predicted molar refractivity (Wildman–Crippen MR) is 111 cm³/mol. The van der Waals surface area contributed by atoms with Crippen molar-refractivity contribution in [3.63, 3.8) is 0 Å². The number of hydrogen-bond donors (Lipinski definition) is 4. The average Bonchev–Trinajstić information content (AvgIpc) is 3.11. The molecule has 0 unspecified atom stereocenters. The molecule has 0 aliphatic carbocycles. The third-order valence-electron chi connectivity index (χ3n) is 4.79. The molecule has 0 spiro atoms. The second-order valence-electron chi connectivity index (χ2n) is 7.18. The molecule has 1 atom stereocenters. The zero-order valence-electron chi connectivity index (χ0n) is 16.8. The van der Waals surface area contributed by atoms with Crippen molar-refractivity contribution in [3.8, 4) is 5.75 Å². The molecule has 0 saturated carbocycles. The molecule has 28 heavy (non-hydrogen) atoms. The Kier molecular flexibility index (Phi) is 5.99. The van der Waals surface area contributed by atoms with Crippen LogP contribution in [-0.2, 0) is 6.54 Å². The van der Waals surface area contributed by atoms with E-state index in [2.05, 4.69) is 39.4 Å². The first-order valence-electron chi connectivity index (χ1n) is 9.57. The molecule has 0 aliphatic heterocycles. The summed E-state index contributed by atoms with van der Waals surface area (Å²) >= 11 is 0. The second kappa shape index (κ2) is 8.43. The molecular formula is C20H28N6O2. The summed E-state index contributed by atoms with van der Waals surface area (Å²) in [6.07, 6.45) is 2.51. The Morgan fingerprint density at radius 3 is 2.68 bits per heavy atom. The molecule has 0 saturated heterocycles. The van der Waals surface area contributed by atoms with E-state index in [-0.39, 0.29) is 24.4 Å². The van der Waals surface area contributed by atoms with Crippen molar-refractivity contribution in [1.82, 2.24) is 19.5 Å². The standard InChI is InChI=1S/C20H28N6O2/c1-5-15(10-27)23-20-24-18(16-19(25-20)26(11-22-16)12(2)3)21-9-14-8-6-7-13(4)17(14)28/h6-8,11-12,15,27-28H,5,9-10H2,1-4H3,(H2,21,23,24,25)/t15-/m1/s1. The normalized spacial score (nSPS) is 12.5. The first kappa shape index (κ1) is 19.9. The van der Waals surface area contributed by atoms with Crippen LogP contribution in [0.2, 0.25) is 0 Å². The molecule has 3 aromatic rings. The van der Waals surface area contributed by atoms with Crippen molar-refractivity contribution in [2.75, 3.05) is 17.2 Å². The Bertz CT molecular complexity index is 949. The van der Waals surface area contributed by atoms with Gasteiger partial charge in [0.25, 0.3) is 0 Å². The number of imidazole rings is 1. The number of phenols is 1. The molecule has 0 bridgehead atoms. The number of aliphatic hydroxyl groups is 1. The Labute approximate surface area is 164 Å². The van der Waals surface area contributed by atoms with Crippen LogP contribution in [0.4, 0.5) is 11.8 Å². The summed E-state index contributed by atoms with van der Waals surface area (Å²) in [6.45, 7) is 8.40. The lowest BCUT2D eigenvalue weighted by Crippen LogP contribution is -2.24. The van der Waals surface area contributed by atoms with Crippen LogP contribution in [0.3, 0.4) is 0 Å². The van der Waals surface area contributed by atoms with E-state index in [0.717, 1.165) is 23.2 Å². The number of aryl methyl sites for hydroxylation is 1. The summed E-state index contributed by atoms with van der Waals surface area (Å²) in [4.78, 5) is 13.7. The monoisotopic (exact) mass is 384 g/mol. The van der Waals surface area contributed by atoms with Gasteiger partial charge in [-0.25, -0.2) is 4.98 Å². The molecule has 0 amide bonds. The third kappa shape index (κ3) is 4.01. The number of fused-ring (bicyclic) bond motifs is 1. The second-order valence-corrected chi connectivity index (χ2v) is 7.18. The Morgan fingerprint density at radius 1 is 1.21 bits per heavy atom. The molecule has 0 aliphatic rings. The van der Waals surface area contributed by atoms with Crippen molar-refractivity contribution < 1.29 is 10.2 Å². The predicted octanol–water partition coefficient (Wildman–Crippen LogP) is 3.22. The van der Waals surface area contributed by atoms with Gasteiger partial charge >= 0.3 is 0 Å². The van der Waals surface area contributed by atoms with Gasteiger partial charge in [-0.1, -0.05) is 25.1 Å². The number of aromatic nitrogens is 4. The van der Waals surface area contributed by atoms with E-state index >= 15 is 0 Å². The van der Waals surface area contributed by atoms with E-state index < -0.39 is 0 Å². The zero-order valence-corrected chi connectivity index (χ0v) is 16.8. The Hall–Kier alpha value is -2.87. The summed E-state index contributed by atoms with van der Waals surface area (Å²) in [7, 11) is 0. The molecule has 4 N–H and O–H groups in total. The van der Waals surface area contributed by atoms with Crippen molar-refractivity contribution in [2.24, 2.45) is 0 Å². The number of aliphatic hydroxyl groups excluding tert-OH is 1. The fourth-order valence-corrected chi connectivity index (χ4v) is 2.98. The van der Waals surface area contributed by atoms with Gasteiger partial charge in [0.05, 0.1) is 19.0 Å². The minimum atomic E-state index is -0.124. The number of benzene rings is 1. The molecular weight excluding hydrogens is 356 g/mol. The van der Waals surface area contributed by atoms with Gasteiger partial charge in [0, 0.05) is 18.2 Å². The highest BCUT2D eigenvalue weighted by Gasteiger charge is 2.17. The maximum Gasteiger partial charge on any atom is 0.227 e. The van der Waals surface area contributed by atoms with Gasteiger partial charge in [-0.05, 0) is 32.8 Å². The van der Waals surface area contributed by atoms with Crippen molar-refractivity contribution >= 4 is 22.9 Å². The average molecular weight is 384 g/mol. The minimum Gasteiger partial charge on any atom is -0.507 e. The fraction of sp³-hybridized carbons (Fsp3) is 0.450. The Morgan fingerprint density at radius 2 is 2.00 bits per heavy atom. The minimum absolute atomic E-state index is 0.00126. The lowest BCUT2D eigenvalue weighted by Gasteiger charge is -2.16. The first-order valence-corrected chi connectivity index (χ1v) is 9.57. The highest BCUT2D eigenvalue weighted by molar-refractivity contribution is 5.84. The third-order valence-corrected chi connectivity index (χ3v) is 4.79. The van der Waals surface area contributed by atoms with E-state index in [9.17, 15) is 10.2 Å². The van der Waals surface area contributed by atoms with E-state index in [0.29, 0.717) is 23.8 Å². The number of nitrogens with zero attached hydrogens (tertiary/aromatic N) is 4. The lowest BCUT2D eigenvalue weighted by molar-refractivity contribution is 0.271. The van der Waals surface area contributed by atoms with Crippen LogP contribution < -0.4 is 10.6 Å². The van der Waals surface area contributed by atoms with E-state index in [1.807, 2.05) is 36.6 Å². The smallest absolute Gasteiger partial charge is 0.227 e. The number of para-hydroxylation sites is 1. The number of nitrogens with one attached hydrogen (secondary N) is 2. The van der Waals surface area contributed by atoms with Crippen LogP contribution in [0.25, 0.3) is 11.2 Å². The summed E-state index contributed by atoms with van der Waals surface area (Å²) in [5.74, 6) is 1.30. The quantitative estimate of drug-likeness (QED) is 0.472. The number of rotatable bonds is 8. The Balaban J connectivity index is 1.98. The highest BCUT2D eigenvalue weighted by Crippen LogP contribution is 2.26. The molecule has 0 fully saturated rings. The molecule has 150 valence electrons. The maximum atomic E-state index is 10.3.